The molecule has 2 aromatic carbocycles. The van der Waals surface area contributed by atoms with E-state index in [1.54, 1.807) is 18.6 Å². The van der Waals surface area contributed by atoms with E-state index in [0.29, 0.717) is 13.1 Å². The van der Waals surface area contributed by atoms with Gasteiger partial charge in [0.1, 0.15) is 0 Å². The standard InChI is InChI=1S/C18H17F2N3O2S/c19-18(20)26(24,25)17-4-2-1-3-16(17)22-11-14-5-7-15(8-6-14)12-23-10-9-21-13-23/h1-10,13,18,22H,11-12H2. The molecular formula is C18H17F2N3O2S. The van der Waals surface area contributed by atoms with Crippen LogP contribution in [0.5, 0.6) is 0 Å². The fourth-order valence-electron chi connectivity index (χ4n) is 2.51. The molecule has 0 atom stereocenters. The first kappa shape index (κ1) is 18.1. The lowest BCUT2D eigenvalue weighted by Gasteiger charge is -2.12. The minimum absolute atomic E-state index is 0.162. The van der Waals surface area contributed by atoms with E-state index in [1.165, 1.54) is 18.2 Å². The average molecular weight is 377 g/mol. The van der Waals surface area contributed by atoms with E-state index in [0.717, 1.165) is 11.1 Å². The highest BCUT2D eigenvalue weighted by molar-refractivity contribution is 7.91. The molecule has 3 aromatic rings. The van der Waals surface area contributed by atoms with Crippen molar-refractivity contribution in [2.45, 2.75) is 23.7 Å². The molecule has 0 aliphatic carbocycles. The summed E-state index contributed by atoms with van der Waals surface area (Å²) in [6, 6.07) is 13.4. The Balaban J connectivity index is 1.70. The summed E-state index contributed by atoms with van der Waals surface area (Å²) < 4.78 is 51.1. The lowest BCUT2D eigenvalue weighted by molar-refractivity contribution is 0.235. The van der Waals surface area contributed by atoms with Crippen molar-refractivity contribution >= 4 is 15.5 Å². The zero-order chi connectivity index (χ0) is 18.6. The third-order valence-corrected chi connectivity index (χ3v) is 5.30. The summed E-state index contributed by atoms with van der Waals surface area (Å²) in [5, 5.41) is 2.93. The van der Waals surface area contributed by atoms with Gasteiger partial charge in [-0.2, -0.15) is 8.78 Å². The van der Waals surface area contributed by atoms with Crippen LogP contribution >= 0.6 is 0 Å². The van der Waals surface area contributed by atoms with Gasteiger partial charge < -0.3 is 9.88 Å². The molecule has 1 aromatic heterocycles. The van der Waals surface area contributed by atoms with Crippen LogP contribution in [0.1, 0.15) is 11.1 Å². The van der Waals surface area contributed by atoms with Crippen molar-refractivity contribution in [3.05, 3.63) is 78.4 Å². The van der Waals surface area contributed by atoms with E-state index in [4.69, 9.17) is 0 Å². The monoisotopic (exact) mass is 377 g/mol. The molecule has 0 amide bonds. The number of benzene rings is 2. The summed E-state index contributed by atoms with van der Waals surface area (Å²) in [7, 11) is -4.65. The van der Waals surface area contributed by atoms with Crippen LogP contribution in [0.15, 0.2) is 72.1 Å². The Morgan fingerprint density at radius 1 is 1.04 bits per heavy atom. The van der Waals surface area contributed by atoms with Crippen LogP contribution in [0.4, 0.5) is 14.5 Å². The summed E-state index contributed by atoms with van der Waals surface area (Å²) in [5.41, 5.74) is 2.16. The second-order valence-electron chi connectivity index (χ2n) is 5.71. The Bertz CT molecular complexity index is 956. The van der Waals surface area contributed by atoms with Crippen molar-refractivity contribution in [3.63, 3.8) is 0 Å². The summed E-state index contributed by atoms with van der Waals surface area (Å²) in [4.78, 5) is 3.59. The highest BCUT2D eigenvalue weighted by Crippen LogP contribution is 2.26. The highest BCUT2D eigenvalue weighted by Gasteiger charge is 2.28. The van der Waals surface area contributed by atoms with Crippen LogP contribution in [-0.2, 0) is 22.9 Å². The van der Waals surface area contributed by atoms with Crippen molar-refractivity contribution in [1.82, 2.24) is 9.55 Å². The van der Waals surface area contributed by atoms with Crippen molar-refractivity contribution in [2.75, 3.05) is 5.32 Å². The maximum absolute atomic E-state index is 12.8. The molecule has 5 nitrogen and oxygen atoms in total. The molecule has 0 saturated carbocycles. The van der Waals surface area contributed by atoms with Crippen LogP contribution in [0.25, 0.3) is 0 Å². The number of sulfone groups is 1. The van der Waals surface area contributed by atoms with Gasteiger partial charge in [-0.25, -0.2) is 13.4 Å². The first-order chi connectivity index (χ1) is 12.5. The summed E-state index contributed by atoms with van der Waals surface area (Å²) >= 11 is 0. The number of hydrogen-bond acceptors (Lipinski definition) is 4. The van der Waals surface area contributed by atoms with E-state index in [2.05, 4.69) is 10.3 Å². The molecule has 0 aliphatic heterocycles. The minimum atomic E-state index is -4.65. The van der Waals surface area contributed by atoms with E-state index in [1.807, 2.05) is 35.0 Å². The van der Waals surface area contributed by atoms with E-state index in [9.17, 15) is 17.2 Å². The number of rotatable bonds is 7. The quantitative estimate of drug-likeness (QED) is 0.684. The molecule has 0 radical (unpaired) electrons. The Kier molecular flexibility index (Phi) is 5.32. The second-order valence-corrected chi connectivity index (χ2v) is 7.59. The van der Waals surface area contributed by atoms with Gasteiger partial charge in [0.25, 0.3) is 0 Å². The van der Waals surface area contributed by atoms with Gasteiger partial charge in [-0.15, -0.1) is 0 Å². The molecule has 1 N–H and O–H groups in total. The predicted octanol–water partition coefficient (Wildman–Crippen LogP) is 3.54. The van der Waals surface area contributed by atoms with Crippen molar-refractivity contribution < 1.29 is 17.2 Å². The van der Waals surface area contributed by atoms with Gasteiger partial charge in [0.2, 0.25) is 9.84 Å². The Hall–Kier alpha value is -2.74. The van der Waals surface area contributed by atoms with Gasteiger partial charge in [0.15, 0.2) is 0 Å². The highest BCUT2D eigenvalue weighted by atomic mass is 32.2. The lowest BCUT2D eigenvalue weighted by atomic mass is 10.1. The molecule has 0 aliphatic rings. The largest absolute Gasteiger partial charge is 0.380 e. The average Bonchev–Trinajstić information content (AvgIpc) is 3.14. The van der Waals surface area contributed by atoms with Crippen LogP contribution in [-0.4, -0.2) is 23.7 Å². The maximum atomic E-state index is 12.8. The van der Waals surface area contributed by atoms with Gasteiger partial charge >= 0.3 is 5.76 Å². The summed E-state index contributed by atoms with van der Waals surface area (Å²) in [6.07, 6.45) is 5.31. The molecule has 8 heteroatoms. The summed E-state index contributed by atoms with van der Waals surface area (Å²) in [5.74, 6) is -3.45. The van der Waals surface area contributed by atoms with Gasteiger partial charge in [0, 0.05) is 25.5 Å². The zero-order valence-electron chi connectivity index (χ0n) is 13.7. The Morgan fingerprint density at radius 3 is 2.38 bits per heavy atom. The van der Waals surface area contributed by atoms with Gasteiger partial charge in [-0.3, -0.25) is 0 Å². The SMILES string of the molecule is O=S(=O)(c1ccccc1NCc1ccc(Cn2ccnc2)cc1)C(F)F. The third-order valence-electron chi connectivity index (χ3n) is 3.86. The number of para-hydroxylation sites is 1. The minimum Gasteiger partial charge on any atom is -0.380 e. The number of nitrogens with one attached hydrogen (secondary N) is 1. The fraction of sp³-hybridized carbons (Fsp3) is 0.167. The number of nitrogens with zero attached hydrogens (tertiary/aromatic N) is 2. The molecule has 3 rings (SSSR count). The molecule has 0 bridgehead atoms. The lowest BCUT2D eigenvalue weighted by Crippen LogP contribution is -2.14. The van der Waals surface area contributed by atoms with Gasteiger partial charge in [-0.1, -0.05) is 36.4 Å². The Labute approximate surface area is 150 Å². The number of imidazole rings is 1. The Morgan fingerprint density at radius 2 is 1.73 bits per heavy atom. The smallest absolute Gasteiger partial charge is 0.341 e. The first-order valence-electron chi connectivity index (χ1n) is 7.85. The van der Waals surface area contributed by atoms with Crippen LogP contribution < -0.4 is 5.32 Å². The van der Waals surface area contributed by atoms with Gasteiger partial charge in [0.05, 0.1) is 16.9 Å². The van der Waals surface area contributed by atoms with Crippen molar-refractivity contribution in [2.24, 2.45) is 0 Å². The zero-order valence-corrected chi connectivity index (χ0v) is 14.5. The molecule has 0 spiro atoms. The number of hydrogen-bond donors (Lipinski definition) is 1. The molecule has 0 saturated heterocycles. The number of anilines is 1. The molecular weight excluding hydrogens is 360 g/mol. The van der Waals surface area contributed by atoms with Gasteiger partial charge in [-0.05, 0) is 23.3 Å². The summed E-state index contributed by atoms with van der Waals surface area (Å²) in [6.45, 7) is 1.02. The molecule has 26 heavy (non-hydrogen) atoms. The number of aromatic nitrogens is 2. The predicted molar refractivity (Wildman–Crippen MR) is 94.7 cm³/mol. The van der Waals surface area contributed by atoms with Crippen molar-refractivity contribution in [3.8, 4) is 0 Å². The topological polar surface area (TPSA) is 64.0 Å². The normalized spacial score (nSPS) is 11.7. The maximum Gasteiger partial charge on any atom is 0.341 e. The second kappa shape index (κ2) is 7.65. The first-order valence-corrected chi connectivity index (χ1v) is 9.40. The molecule has 136 valence electrons. The van der Waals surface area contributed by atoms with Crippen molar-refractivity contribution in [1.29, 1.82) is 0 Å². The number of alkyl halides is 2. The number of halogens is 2. The van der Waals surface area contributed by atoms with E-state index in [-0.39, 0.29) is 5.69 Å². The molecule has 1 heterocycles. The molecule has 0 unspecified atom stereocenters. The van der Waals surface area contributed by atoms with Crippen LogP contribution in [0, 0.1) is 0 Å². The van der Waals surface area contributed by atoms with E-state index < -0.39 is 20.5 Å². The fourth-order valence-corrected chi connectivity index (χ4v) is 3.41. The third kappa shape index (κ3) is 4.08. The molecule has 0 fully saturated rings. The van der Waals surface area contributed by atoms with E-state index >= 15 is 0 Å². The van der Waals surface area contributed by atoms with Crippen LogP contribution in [0.3, 0.4) is 0 Å². The van der Waals surface area contributed by atoms with Crippen LogP contribution in [0.2, 0.25) is 0 Å².